The zero-order valence-electron chi connectivity index (χ0n) is 11.2. The van der Waals surface area contributed by atoms with E-state index in [4.69, 9.17) is 5.26 Å². The summed E-state index contributed by atoms with van der Waals surface area (Å²) in [4.78, 5) is 4.42. The molecule has 1 aliphatic carbocycles. The first kappa shape index (κ1) is 13.1. The van der Waals surface area contributed by atoms with Crippen molar-refractivity contribution in [2.24, 2.45) is 0 Å². The molecular weight excluding hydrogens is 272 g/mol. The summed E-state index contributed by atoms with van der Waals surface area (Å²) in [7, 11) is 0. The van der Waals surface area contributed by atoms with Crippen molar-refractivity contribution in [3.8, 4) is 6.07 Å². The molecule has 0 N–H and O–H groups in total. The lowest BCUT2D eigenvalue weighted by Crippen LogP contribution is -2.08. The predicted molar refractivity (Wildman–Crippen MR) is 73.1 cm³/mol. The van der Waals surface area contributed by atoms with Crippen LogP contribution in [-0.2, 0) is 0 Å². The van der Waals surface area contributed by atoms with Crippen molar-refractivity contribution in [2.45, 2.75) is 48.8 Å². The lowest BCUT2D eigenvalue weighted by molar-refractivity contribution is 0.423. The topological polar surface area (TPSA) is 80.3 Å². The van der Waals surface area contributed by atoms with Gasteiger partial charge in [0, 0.05) is 5.69 Å². The number of aromatic nitrogens is 5. The second-order valence-corrected chi connectivity index (χ2v) is 5.82. The van der Waals surface area contributed by atoms with Gasteiger partial charge in [0.1, 0.15) is 11.1 Å². The Morgan fingerprint density at radius 2 is 2.15 bits per heavy atom. The summed E-state index contributed by atoms with van der Waals surface area (Å²) in [6.07, 6.45) is 4.68. The summed E-state index contributed by atoms with van der Waals surface area (Å²) in [6, 6.07) is 6.16. The second-order valence-electron chi connectivity index (χ2n) is 4.86. The molecule has 2 heterocycles. The summed E-state index contributed by atoms with van der Waals surface area (Å²) in [6.45, 7) is 1.91. The van der Waals surface area contributed by atoms with Crippen LogP contribution in [0.2, 0.25) is 0 Å². The lowest BCUT2D eigenvalue weighted by atomic mass is 10.3. The van der Waals surface area contributed by atoms with Crippen molar-refractivity contribution in [2.75, 3.05) is 0 Å². The molecule has 0 amide bonds. The fourth-order valence-corrected chi connectivity index (χ4v) is 3.36. The standard InChI is InChI=1S/C13H14N6S/c1-9-6-7-10(8-14)12(15-9)20-13-16-17-18-19(13)11-4-2-3-5-11/h6-7,11H,2-5H2,1H3. The number of nitriles is 1. The van der Waals surface area contributed by atoms with Crippen molar-refractivity contribution in [3.63, 3.8) is 0 Å². The minimum absolute atomic E-state index is 0.378. The van der Waals surface area contributed by atoms with E-state index in [2.05, 4.69) is 26.6 Å². The highest BCUT2D eigenvalue weighted by Crippen LogP contribution is 2.34. The van der Waals surface area contributed by atoms with Crippen LogP contribution in [0.3, 0.4) is 0 Å². The maximum atomic E-state index is 9.16. The van der Waals surface area contributed by atoms with Crippen molar-refractivity contribution >= 4 is 11.8 Å². The zero-order chi connectivity index (χ0) is 13.9. The first-order valence-electron chi connectivity index (χ1n) is 6.61. The fraction of sp³-hybridized carbons (Fsp3) is 0.462. The maximum Gasteiger partial charge on any atom is 0.215 e. The summed E-state index contributed by atoms with van der Waals surface area (Å²) < 4.78 is 1.88. The van der Waals surface area contributed by atoms with E-state index in [0.29, 0.717) is 21.8 Å². The van der Waals surface area contributed by atoms with Crippen LogP contribution in [0.25, 0.3) is 0 Å². The van der Waals surface area contributed by atoms with Gasteiger partial charge in [-0.05, 0) is 54.1 Å². The molecule has 0 bridgehead atoms. The van der Waals surface area contributed by atoms with Gasteiger partial charge in [-0.25, -0.2) is 9.67 Å². The molecule has 2 aromatic rings. The number of pyridine rings is 1. The maximum absolute atomic E-state index is 9.16. The number of rotatable bonds is 3. The van der Waals surface area contributed by atoms with Gasteiger partial charge in [-0.1, -0.05) is 12.8 Å². The molecule has 0 aromatic carbocycles. The van der Waals surface area contributed by atoms with Crippen LogP contribution in [0.5, 0.6) is 0 Å². The molecule has 7 heteroatoms. The molecule has 0 spiro atoms. The van der Waals surface area contributed by atoms with Crippen LogP contribution in [0.4, 0.5) is 0 Å². The van der Waals surface area contributed by atoms with Gasteiger partial charge in [-0.3, -0.25) is 0 Å². The van der Waals surface area contributed by atoms with Gasteiger partial charge in [0.2, 0.25) is 5.16 Å². The van der Waals surface area contributed by atoms with Crippen molar-refractivity contribution in [1.29, 1.82) is 5.26 Å². The second kappa shape index (κ2) is 5.59. The minimum Gasteiger partial charge on any atom is -0.245 e. The number of tetrazole rings is 1. The Bertz CT molecular complexity index is 653. The highest BCUT2D eigenvalue weighted by atomic mass is 32.2. The number of nitrogens with zero attached hydrogens (tertiary/aromatic N) is 6. The first-order valence-corrected chi connectivity index (χ1v) is 7.43. The Hall–Kier alpha value is -1.94. The molecule has 2 aromatic heterocycles. The van der Waals surface area contributed by atoms with E-state index < -0.39 is 0 Å². The number of aryl methyl sites for hydroxylation is 1. The summed E-state index contributed by atoms with van der Waals surface area (Å²) in [5.74, 6) is 0. The van der Waals surface area contributed by atoms with Crippen LogP contribution in [0.1, 0.15) is 43.0 Å². The molecule has 102 valence electrons. The number of hydrogen-bond acceptors (Lipinski definition) is 6. The van der Waals surface area contributed by atoms with E-state index in [1.165, 1.54) is 24.6 Å². The van der Waals surface area contributed by atoms with E-state index in [0.717, 1.165) is 18.5 Å². The van der Waals surface area contributed by atoms with Gasteiger partial charge in [0.25, 0.3) is 0 Å². The van der Waals surface area contributed by atoms with Crippen molar-refractivity contribution < 1.29 is 0 Å². The number of hydrogen-bond donors (Lipinski definition) is 0. The zero-order valence-corrected chi connectivity index (χ0v) is 12.0. The van der Waals surface area contributed by atoms with E-state index in [1.807, 2.05) is 17.7 Å². The highest BCUT2D eigenvalue weighted by Gasteiger charge is 2.22. The van der Waals surface area contributed by atoms with Crippen molar-refractivity contribution in [3.05, 3.63) is 23.4 Å². The summed E-state index contributed by atoms with van der Waals surface area (Å²) in [5.41, 5.74) is 1.44. The van der Waals surface area contributed by atoms with Crippen LogP contribution in [0, 0.1) is 18.3 Å². The molecule has 1 fully saturated rings. The normalized spacial score (nSPS) is 15.4. The third-order valence-electron chi connectivity index (χ3n) is 3.44. The Labute approximate surface area is 121 Å². The van der Waals surface area contributed by atoms with Gasteiger partial charge >= 0.3 is 0 Å². The summed E-state index contributed by atoms with van der Waals surface area (Å²) >= 11 is 1.37. The van der Waals surface area contributed by atoms with E-state index in [9.17, 15) is 0 Å². The quantitative estimate of drug-likeness (QED) is 0.862. The molecular formula is C13H14N6S. The van der Waals surface area contributed by atoms with E-state index in [-0.39, 0.29) is 0 Å². The Morgan fingerprint density at radius 1 is 1.35 bits per heavy atom. The molecule has 0 radical (unpaired) electrons. The molecule has 1 saturated carbocycles. The summed E-state index contributed by atoms with van der Waals surface area (Å²) in [5, 5.41) is 22.5. The van der Waals surface area contributed by atoms with Crippen molar-refractivity contribution in [1.82, 2.24) is 25.2 Å². The van der Waals surface area contributed by atoms with Crippen LogP contribution in [-0.4, -0.2) is 25.2 Å². The molecule has 6 nitrogen and oxygen atoms in total. The van der Waals surface area contributed by atoms with Crippen LogP contribution in [0.15, 0.2) is 22.3 Å². The molecule has 20 heavy (non-hydrogen) atoms. The smallest absolute Gasteiger partial charge is 0.215 e. The van der Waals surface area contributed by atoms with Gasteiger partial charge in [0.05, 0.1) is 11.6 Å². The molecule has 0 atom stereocenters. The predicted octanol–water partition coefficient (Wildman–Crippen LogP) is 2.51. The average molecular weight is 286 g/mol. The third kappa shape index (κ3) is 2.51. The van der Waals surface area contributed by atoms with Gasteiger partial charge < -0.3 is 0 Å². The van der Waals surface area contributed by atoms with Gasteiger partial charge in [0.15, 0.2) is 0 Å². The van der Waals surface area contributed by atoms with Gasteiger partial charge in [-0.15, -0.1) is 5.10 Å². The van der Waals surface area contributed by atoms with Gasteiger partial charge in [-0.2, -0.15) is 5.26 Å². The fourth-order valence-electron chi connectivity index (χ4n) is 2.41. The largest absolute Gasteiger partial charge is 0.245 e. The lowest BCUT2D eigenvalue weighted by Gasteiger charge is -2.10. The van der Waals surface area contributed by atoms with E-state index >= 15 is 0 Å². The third-order valence-corrected chi connectivity index (χ3v) is 4.40. The van der Waals surface area contributed by atoms with E-state index in [1.54, 1.807) is 6.07 Å². The monoisotopic (exact) mass is 286 g/mol. The Balaban J connectivity index is 1.90. The average Bonchev–Trinajstić information content (AvgIpc) is 3.09. The van der Waals surface area contributed by atoms with Crippen LogP contribution < -0.4 is 0 Å². The minimum atomic E-state index is 0.378. The molecule has 0 aliphatic heterocycles. The molecule has 3 rings (SSSR count). The Kier molecular flexibility index (Phi) is 3.65. The highest BCUT2D eigenvalue weighted by molar-refractivity contribution is 7.99. The molecule has 0 saturated heterocycles. The van der Waals surface area contributed by atoms with Crippen LogP contribution >= 0.6 is 11.8 Å². The molecule has 1 aliphatic rings. The molecule has 0 unspecified atom stereocenters. The first-order chi connectivity index (χ1) is 9.78. The Morgan fingerprint density at radius 3 is 2.90 bits per heavy atom. The SMILES string of the molecule is Cc1ccc(C#N)c(Sc2nnnn2C2CCCC2)n1.